The van der Waals surface area contributed by atoms with Gasteiger partial charge in [0.1, 0.15) is 0 Å². The molecule has 0 atom stereocenters. The van der Waals surface area contributed by atoms with E-state index in [1.54, 1.807) is 6.20 Å². The molecule has 6 rings (SSSR count). The summed E-state index contributed by atoms with van der Waals surface area (Å²) in [4.78, 5) is 21.5. The van der Waals surface area contributed by atoms with Gasteiger partial charge >= 0.3 is 0 Å². The van der Waals surface area contributed by atoms with Crippen LogP contribution in [0.1, 0.15) is 26.2 Å². The molecule has 0 aliphatic carbocycles. The molecule has 3 N–H and O–H groups in total. The highest BCUT2D eigenvalue weighted by Gasteiger charge is 2.15. The number of hydrogen-bond acceptors (Lipinski definition) is 6. The molecular formula is C29H26N8. The van der Waals surface area contributed by atoms with E-state index < -0.39 is 0 Å². The van der Waals surface area contributed by atoms with Gasteiger partial charge in [0.15, 0.2) is 5.65 Å². The van der Waals surface area contributed by atoms with Gasteiger partial charge in [-0.3, -0.25) is 20.1 Å². The monoisotopic (exact) mass is 486 g/mol. The second-order valence-corrected chi connectivity index (χ2v) is 9.03. The molecule has 0 saturated carbocycles. The zero-order chi connectivity index (χ0) is 25.2. The maximum atomic E-state index is 4.61. The lowest BCUT2D eigenvalue weighted by Crippen LogP contribution is -1.98. The Kier molecular flexibility index (Phi) is 5.90. The van der Waals surface area contributed by atoms with Crippen LogP contribution in [0.2, 0.25) is 0 Å². The third-order valence-electron chi connectivity index (χ3n) is 6.39. The number of hydrogen-bond donors (Lipinski definition) is 3. The summed E-state index contributed by atoms with van der Waals surface area (Å²) in [5.74, 6) is 0. The normalized spacial score (nSPS) is 11.3. The summed E-state index contributed by atoms with van der Waals surface area (Å²) in [6.07, 6.45) is 14.1. The largest absolute Gasteiger partial charge is 0.358 e. The summed E-state index contributed by atoms with van der Waals surface area (Å²) in [5.41, 5.74) is 9.02. The topological polar surface area (TPSA) is 108 Å². The van der Waals surface area contributed by atoms with Crippen LogP contribution in [-0.4, -0.2) is 35.1 Å². The molecular weight excluding hydrogens is 460 g/mol. The van der Waals surface area contributed by atoms with E-state index in [1.165, 1.54) is 0 Å². The van der Waals surface area contributed by atoms with Gasteiger partial charge in [-0.2, -0.15) is 5.10 Å². The fourth-order valence-electron chi connectivity index (χ4n) is 4.50. The second-order valence-electron chi connectivity index (χ2n) is 9.03. The second kappa shape index (κ2) is 9.66. The molecule has 0 radical (unpaired) electrons. The molecule has 0 unspecified atom stereocenters. The summed E-state index contributed by atoms with van der Waals surface area (Å²) in [5, 5.41) is 12.9. The van der Waals surface area contributed by atoms with Crippen LogP contribution >= 0.6 is 0 Å². The van der Waals surface area contributed by atoms with E-state index in [1.807, 2.05) is 49.2 Å². The Morgan fingerprint density at radius 2 is 1.84 bits per heavy atom. The van der Waals surface area contributed by atoms with Gasteiger partial charge in [-0.1, -0.05) is 26.0 Å². The van der Waals surface area contributed by atoms with Gasteiger partial charge < -0.3 is 10.3 Å². The van der Waals surface area contributed by atoms with Crippen LogP contribution in [0.3, 0.4) is 0 Å². The van der Waals surface area contributed by atoms with Crippen LogP contribution in [0.25, 0.3) is 55.7 Å². The van der Waals surface area contributed by atoms with Crippen molar-refractivity contribution in [3.8, 4) is 33.8 Å². The van der Waals surface area contributed by atoms with Crippen molar-refractivity contribution in [2.75, 3.05) is 5.32 Å². The van der Waals surface area contributed by atoms with Crippen molar-refractivity contribution < 1.29 is 0 Å². The molecule has 0 fully saturated rings. The third kappa shape index (κ3) is 4.45. The van der Waals surface area contributed by atoms with Gasteiger partial charge in [0.25, 0.3) is 0 Å². The highest BCUT2D eigenvalue weighted by molar-refractivity contribution is 6.00. The number of fused-ring (bicyclic) bond motifs is 2. The number of unbranched alkanes of at least 4 members (excludes halogenated alkanes) is 1. The number of H-pyrrole nitrogens is 2. The zero-order valence-corrected chi connectivity index (χ0v) is 20.5. The van der Waals surface area contributed by atoms with E-state index in [4.69, 9.17) is 0 Å². The van der Waals surface area contributed by atoms with Gasteiger partial charge in [-0.05, 0) is 43.2 Å². The van der Waals surface area contributed by atoms with E-state index in [9.17, 15) is 0 Å². The molecule has 0 saturated heterocycles. The Morgan fingerprint density at radius 1 is 0.946 bits per heavy atom. The lowest BCUT2D eigenvalue weighted by atomic mass is 10.1. The van der Waals surface area contributed by atoms with Crippen molar-refractivity contribution >= 4 is 27.6 Å². The first-order valence-electron chi connectivity index (χ1n) is 12.3. The molecule has 0 bridgehead atoms. The number of aromatic nitrogens is 7. The van der Waals surface area contributed by atoms with Crippen molar-refractivity contribution in [2.24, 2.45) is 0 Å². The molecule has 6 heterocycles. The average Bonchev–Trinajstić information content (AvgIpc) is 3.56. The Labute approximate surface area is 214 Å². The summed E-state index contributed by atoms with van der Waals surface area (Å²) >= 11 is 0. The fraction of sp³-hybridized carbons (Fsp3) is 0.138. The minimum atomic E-state index is 0.649. The molecule has 0 amide bonds. The average molecular weight is 487 g/mol. The van der Waals surface area contributed by atoms with Crippen molar-refractivity contribution in [1.29, 1.82) is 0 Å². The first-order valence-corrected chi connectivity index (χ1v) is 12.3. The first-order chi connectivity index (χ1) is 18.2. The van der Waals surface area contributed by atoms with Gasteiger partial charge in [0.2, 0.25) is 0 Å². The van der Waals surface area contributed by atoms with Gasteiger partial charge in [-0.25, -0.2) is 4.98 Å². The minimum absolute atomic E-state index is 0.649. The van der Waals surface area contributed by atoms with E-state index in [2.05, 4.69) is 72.1 Å². The summed E-state index contributed by atoms with van der Waals surface area (Å²) in [6.45, 7) is 6.31. The molecule has 0 aliphatic rings. The predicted molar refractivity (Wildman–Crippen MR) is 148 cm³/mol. The molecule has 0 aliphatic heterocycles. The van der Waals surface area contributed by atoms with E-state index in [0.717, 1.165) is 80.7 Å². The number of pyridine rings is 4. The minimum Gasteiger partial charge on any atom is -0.358 e. The standard InChI is InChI=1S/C29H26N8/c1-3-4-7-18(2)34-21-10-19(13-30-15-21)20-11-23-28(36-37-29(23)33-14-20)26-12-22-24(16-31-17-27(22)35-26)25-8-5-6-9-32-25/h5-6,8-17,34-35H,2-4,7H2,1H3,(H,33,36,37). The number of allylic oxidation sites excluding steroid dienone is 1. The van der Waals surface area contributed by atoms with Crippen LogP contribution < -0.4 is 5.32 Å². The Balaban J connectivity index is 1.37. The van der Waals surface area contributed by atoms with Crippen molar-refractivity contribution in [2.45, 2.75) is 26.2 Å². The lowest BCUT2D eigenvalue weighted by molar-refractivity contribution is 0.791. The van der Waals surface area contributed by atoms with E-state index >= 15 is 0 Å². The van der Waals surface area contributed by atoms with Gasteiger partial charge in [0.05, 0.1) is 40.7 Å². The van der Waals surface area contributed by atoms with Gasteiger partial charge in [0, 0.05) is 57.9 Å². The van der Waals surface area contributed by atoms with Crippen LogP contribution in [-0.2, 0) is 0 Å². The van der Waals surface area contributed by atoms with Crippen LogP contribution in [0.15, 0.2) is 85.9 Å². The summed E-state index contributed by atoms with van der Waals surface area (Å²) < 4.78 is 0. The number of rotatable bonds is 8. The molecule has 0 spiro atoms. The molecule has 0 aromatic carbocycles. The SMILES string of the molecule is C=C(CCCC)Nc1cncc(-c2cnc3n[nH]c(-c4cc5c(-c6ccccn6)cncc5[nH]4)c3c2)c1. The molecule has 8 nitrogen and oxygen atoms in total. The molecule has 37 heavy (non-hydrogen) atoms. The Morgan fingerprint density at radius 3 is 2.70 bits per heavy atom. The van der Waals surface area contributed by atoms with Crippen molar-refractivity contribution in [3.05, 3.63) is 85.9 Å². The highest BCUT2D eigenvalue weighted by Crippen LogP contribution is 2.34. The maximum Gasteiger partial charge on any atom is 0.181 e. The molecule has 182 valence electrons. The van der Waals surface area contributed by atoms with Crippen LogP contribution in [0.4, 0.5) is 5.69 Å². The quantitative estimate of drug-likeness (QED) is 0.220. The lowest BCUT2D eigenvalue weighted by Gasteiger charge is -2.10. The summed E-state index contributed by atoms with van der Waals surface area (Å²) in [7, 11) is 0. The zero-order valence-electron chi connectivity index (χ0n) is 20.5. The Bertz CT molecular complexity index is 1710. The number of nitrogens with zero attached hydrogens (tertiary/aromatic N) is 5. The fourth-order valence-corrected chi connectivity index (χ4v) is 4.50. The molecule has 6 aromatic rings. The molecule has 8 heteroatoms. The van der Waals surface area contributed by atoms with E-state index in [-0.39, 0.29) is 0 Å². The highest BCUT2D eigenvalue weighted by atomic mass is 15.2. The van der Waals surface area contributed by atoms with Crippen LogP contribution in [0, 0.1) is 0 Å². The number of anilines is 1. The van der Waals surface area contributed by atoms with Crippen LogP contribution in [0.5, 0.6) is 0 Å². The third-order valence-corrected chi connectivity index (χ3v) is 6.39. The van der Waals surface area contributed by atoms with E-state index in [0.29, 0.717) is 5.65 Å². The van der Waals surface area contributed by atoms with Crippen molar-refractivity contribution in [3.63, 3.8) is 0 Å². The predicted octanol–water partition coefficient (Wildman–Crippen LogP) is 6.74. The maximum absolute atomic E-state index is 4.61. The van der Waals surface area contributed by atoms with Gasteiger partial charge in [-0.15, -0.1) is 0 Å². The molecule has 6 aromatic heterocycles. The first kappa shape index (κ1) is 22.6. The Hall–Kier alpha value is -4.85. The summed E-state index contributed by atoms with van der Waals surface area (Å²) in [6, 6.07) is 12.1. The number of nitrogens with one attached hydrogen (secondary N) is 3. The number of aromatic amines is 2. The van der Waals surface area contributed by atoms with Crippen molar-refractivity contribution in [1.82, 2.24) is 35.1 Å². The smallest absolute Gasteiger partial charge is 0.181 e.